The monoisotopic (exact) mass is 462 g/mol. The van der Waals surface area contributed by atoms with E-state index in [2.05, 4.69) is 48.1 Å². The summed E-state index contributed by atoms with van der Waals surface area (Å²) in [6.07, 6.45) is 11.7. The summed E-state index contributed by atoms with van der Waals surface area (Å²) >= 11 is 8.30. The molecule has 7 nitrogen and oxygen atoms in total. The maximum Gasteiger partial charge on any atom is 0.244 e. The van der Waals surface area contributed by atoms with Crippen molar-refractivity contribution in [3.63, 3.8) is 0 Å². The van der Waals surface area contributed by atoms with Gasteiger partial charge in [-0.15, -0.1) is 0 Å². The van der Waals surface area contributed by atoms with Gasteiger partial charge in [-0.2, -0.15) is 25.3 Å². The van der Waals surface area contributed by atoms with Crippen molar-refractivity contribution in [2.45, 2.75) is 89.6 Å². The first-order valence-corrected chi connectivity index (χ1v) is 12.6. The first-order valence-electron chi connectivity index (χ1n) is 11.3. The van der Waals surface area contributed by atoms with Crippen LogP contribution in [-0.4, -0.2) is 54.4 Å². The molecule has 0 fully saturated rings. The van der Waals surface area contributed by atoms with Crippen LogP contribution in [-0.2, 0) is 14.4 Å². The molecule has 0 saturated heterocycles. The molecule has 176 valence electrons. The van der Waals surface area contributed by atoms with Gasteiger partial charge >= 0.3 is 0 Å². The summed E-state index contributed by atoms with van der Waals surface area (Å²) in [5.74, 6) is -0.596. The van der Waals surface area contributed by atoms with Crippen molar-refractivity contribution in [2.24, 2.45) is 5.73 Å². The summed E-state index contributed by atoms with van der Waals surface area (Å²) in [7, 11) is 0. The van der Waals surface area contributed by atoms with Crippen LogP contribution in [0.15, 0.2) is 0 Å². The lowest BCUT2D eigenvalue weighted by Crippen LogP contribution is -2.55. The lowest BCUT2D eigenvalue weighted by atomic mass is 10.1. The number of carbonyl (C=O) groups is 3. The topological polar surface area (TPSA) is 113 Å². The standard InChI is InChI=1S/C21H42N4O3S2/c1-2-3-4-5-6-7-8-9-10-12-19(26)24-18(16-30)21(28)25-17(15-29)20(27)23-14-11-13-22/h17-18,29-30H,2-16,22H2,1H3,(H,23,27)(H,24,26)(H,25,28)/t17-,18-/m0/s1. The summed E-state index contributed by atoms with van der Waals surface area (Å²) in [5.41, 5.74) is 5.40. The molecule has 0 aliphatic rings. The third-order valence-corrected chi connectivity index (χ3v) is 5.57. The van der Waals surface area contributed by atoms with Crippen LogP contribution in [0.1, 0.15) is 77.6 Å². The summed E-state index contributed by atoms with van der Waals surface area (Å²) in [6, 6.07) is -1.55. The molecule has 0 aliphatic carbocycles. The summed E-state index contributed by atoms with van der Waals surface area (Å²) in [6.45, 7) is 3.14. The SMILES string of the molecule is CCCCCCCCCCCC(=O)N[C@@H](CS)C(=O)N[C@@H](CS)C(=O)NCCCN. The van der Waals surface area contributed by atoms with Crippen molar-refractivity contribution >= 4 is 43.0 Å². The highest BCUT2D eigenvalue weighted by Gasteiger charge is 2.24. The Balaban J connectivity index is 4.13. The van der Waals surface area contributed by atoms with E-state index in [1.807, 2.05) is 0 Å². The van der Waals surface area contributed by atoms with Crippen molar-refractivity contribution in [3.05, 3.63) is 0 Å². The minimum atomic E-state index is -0.779. The van der Waals surface area contributed by atoms with Gasteiger partial charge in [-0.1, -0.05) is 58.3 Å². The Morgan fingerprint density at radius 1 is 0.767 bits per heavy atom. The predicted molar refractivity (Wildman–Crippen MR) is 130 cm³/mol. The number of nitrogens with two attached hydrogens (primary N) is 1. The normalized spacial score (nSPS) is 12.8. The minimum Gasteiger partial charge on any atom is -0.354 e. The summed E-state index contributed by atoms with van der Waals surface area (Å²) < 4.78 is 0. The number of unbranched alkanes of at least 4 members (excludes halogenated alkanes) is 8. The zero-order chi connectivity index (χ0) is 22.6. The number of rotatable bonds is 19. The first-order chi connectivity index (χ1) is 14.5. The third-order valence-electron chi connectivity index (χ3n) is 4.84. The molecule has 0 aromatic carbocycles. The van der Waals surface area contributed by atoms with E-state index < -0.39 is 18.0 Å². The van der Waals surface area contributed by atoms with Crippen molar-refractivity contribution in [3.8, 4) is 0 Å². The number of carbonyl (C=O) groups excluding carboxylic acids is 3. The Morgan fingerprint density at radius 3 is 1.83 bits per heavy atom. The van der Waals surface area contributed by atoms with E-state index in [1.54, 1.807) is 0 Å². The van der Waals surface area contributed by atoms with Gasteiger partial charge in [-0.05, 0) is 19.4 Å². The number of hydrogen-bond acceptors (Lipinski definition) is 6. The van der Waals surface area contributed by atoms with Crippen LogP contribution in [0.2, 0.25) is 0 Å². The van der Waals surface area contributed by atoms with Crippen molar-refractivity contribution < 1.29 is 14.4 Å². The molecule has 9 heteroatoms. The molecule has 30 heavy (non-hydrogen) atoms. The van der Waals surface area contributed by atoms with Crippen LogP contribution in [0.25, 0.3) is 0 Å². The second-order valence-corrected chi connectivity index (χ2v) is 8.29. The molecule has 0 rings (SSSR count). The van der Waals surface area contributed by atoms with E-state index in [0.717, 1.165) is 19.3 Å². The van der Waals surface area contributed by atoms with E-state index >= 15 is 0 Å². The Morgan fingerprint density at radius 2 is 1.30 bits per heavy atom. The molecular weight excluding hydrogens is 420 g/mol. The van der Waals surface area contributed by atoms with Crippen LogP contribution in [0.4, 0.5) is 0 Å². The molecule has 0 heterocycles. The molecule has 0 unspecified atom stereocenters. The van der Waals surface area contributed by atoms with Gasteiger partial charge < -0.3 is 21.7 Å². The Labute approximate surface area is 193 Å². The quantitative estimate of drug-likeness (QED) is 0.130. The number of amides is 3. The highest BCUT2D eigenvalue weighted by atomic mass is 32.1. The van der Waals surface area contributed by atoms with Gasteiger partial charge in [0, 0.05) is 24.5 Å². The number of nitrogens with one attached hydrogen (secondary N) is 3. The average molecular weight is 463 g/mol. The molecule has 0 aromatic heterocycles. The van der Waals surface area contributed by atoms with Crippen LogP contribution in [0.5, 0.6) is 0 Å². The Bertz CT molecular complexity index is 481. The third kappa shape index (κ3) is 15.0. The van der Waals surface area contributed by atoms with E-state index in [4.69, 9.17) is 5.73 Å². The van der Waals surface area contributed by atoms with E-state index in [1.165, 1.54) is 38.5 Å². The zero-order valence-electron chi connectivity index (χ0n) is 18.5. The fourth-order valence-electron chi connectivity index (χ4n) is 2.96. The van der Waals surface area contributed by atoms with E-state index in [9.17, 15) is 14.4 Å². The second-order valence-electron chi connectivity index (χ2n) is 7.56. The summed E-state index contributed by atoms with van der Waals surface area (Å²) in [5, 5.41) is 8.05. The molecule has 2 atom stereocenters. The molecule has 0 radical (unpaired) electrons. The molecule has 3 amide bonds. The molecular formula is C21H42N4O3S2. The van der Waals surface area contributed by atoms with E-state index in [-0.39, 0.29) is 23.3 Å². The number of hydrogen-bond donors (Lipinski definition) is 6. The van der Waals surface area contributed by atoms with Gasteiger partial charge in [0.25, 0.3) is 0 Å². The Hall–Kier alpha value is -0.930. The molecule has 0 saturated carbocycles. The van der Waals surface area contributed by atoms with E-state index in [0.29, 0.717) is 25.9 Å². The maximum absolute atomic E-state index is 12.4. The Kier molecular flexibility index (Phi) is 19.4. The lowest BCUT2D eigenvalue weighted by molar-refractivity contribution is -0.131. The first kappa shape index (κ1) is 29.1. The number of thiol groups is 2. The van der Waals surface area contributed by atoms with Gasteiger partial charge in [0.2, 0.25) is 17.7 Å². The smallest absolute Gasteiger partial charge is 0.244 e. The van der Waals surface area contributed by atoms with Gasteiger partial charge in [0.1, 0.15) is 12.1 Å². The molecule has 0 aromatic rings. The van der Waals surface area contributed by atoms with Crippen molar-refractivity contribution in [1.82, 2.24) is 16.0 Å². The molecule has 0 aliphatic heterocycles. The van der Waals surface area contributed by atoms with Gasteiger partial charge in [0.05, 0.1) is 0 Å². The van der Waals surface area contributed by atoms with Crippen LogP contribution in [0, 0.1) is 0 Å². The van der Waals surface area contributed by atoms with Crippen molar-refractivity contribution in [1.29, 1.82) is 0 Å². The maximum atomic E-state index is 12.4. The highest BCUT2D eigenvalue weighted by Crippen LogP contribution is 2.10. The van der Waals surface area contributed by atoms with Gasteiger partial charge in [0.15, 0.2) is 0 Å². The highest BCUT2D eigenvalue weighted by molar-refractivity contribution is 7.80. The molecule has 5 N–H and O–H groups in total. The zero-order valence-corrected chi connectivity index (χ0v) is 20.2. The van der Waals surface area contributed by atoms with Crippen LogP contribution < -0.4 is 21.7 Å². The molecule has 0 spiro atoms. The average Bonchev–Trinajstić information content (AvgIpc) is 2.74. The van der Waals surface area contributed by atoms with Crippen LogP contribution >= 0.6 is 25.3 Å². The fraction of sp³-hybridized carbons (Fsp3) is 0.857. The fourth-order valence-corrected chi connectivity index (χ4v) is 3.47. The predicted octanol–water partition coefficient (Wildman–Crippen LogP) is 2.20. The van der Waals surface area contributed by atoms with Gasteiger partial charge in [-0.3, -0.25) is 14.4 Å². The second kappa shape index (κ2) is 20.0. The largest absolute Gasteiger partial charge is 0.354 e. The lowest BCUT2D eigenvalue weighted by Gasteiger charge is -2.21. The minimum absolute atomic E-state index is 0.156. The van der Waals surface area contributed by atoms with Crippen molar-refractivity contribution in [2.75, 3.05) is 24.6 Å². The van der Waals surface area contributed by atoms with Crippen LogP contribution in [0.3, 0.4) is 0 Å². The molecule has 0 bridgehead atoms. The summed E-state index contributed by atoms with van der Waals surface area (Å²) in [4.78, 5) is 36.7. The van der Waals surface area contributed by atoms with Gasteiger partial charge in [-0.25, -0.2) is 0 Å².